The van der Waals surface area contributed by atoms with Gasteiger partial charge in [-0.2, -0.15) is 0 Å². The third-order valence-electron chi connectivity index (χ3n) is 5.98. The zero-order chi connectivity index (χ0) is 20.6. The number of hydrogen-bond acceptors (Lipinski definition) is 0. The molecule has 1 heteroatoms. The summed E-state index contributed by atoms with van der Waals surface area (Å²) in [5, 5.41) is 1.80. The summed E-state index contributed by atoms with van der Waals surface area (Å²) in [6.07, 6.45) is 21.8. The predicted octanol–water partition coefficient (Wildman–Crippen LogP) is 8.81. The highest BCUT2D eigenvalue weighted by Crippen LogP contribution is 2.39. The fourth-order valence-electron chi connectivity index (χ4n) is 4.28. The van der Waals surface area contributed by atoms with Crippen molar-refractivity contribution in [1.82, 2.24) is 0 Å². The molecule has 0 heterocycles. The van der Waals surface area contributed by atoms with E-state index < -0.39 is 0 Å². The first-order valence-corrected chi connectivity index (χ1v) is 14.3. The van der Waals surface area contributed by atoms with Crippen LogP contribution in [0.4, 0.5) is 0 Å². The Morgan fingerprint density at radius 2 is 1.14 bits per heavy atom. The average Bonchev–Trinajstić information content (AvgIpc) is 2.71. The van der Waals surface area contributed by atoms with Crippen LogP contribution in [0.1, 0.15) is 122 Å². The minimum absolute atomic E-state index is 0.0337. The third kappa shape index (κ3) is 8.98. The van der Waals surface area contributed by atoms with Crippen molar-refractivity contribution >= 4 is 13.2 Å². The van der Waals surface area contributed by atoms with Gasteiger partial charge in [-0.05, 0) is 79.3 Å². The Kier molecular flexibility index (Phi) is 15.1. The second-order valence-corrected chi connectivity index (χ2v) is 11.0. The first kappa shape index (κ1) is 25.7. The molecule has 0 aliphatic rings. The van der Waals surface area contributed by atoms with E-state index in [0.717, 1.165) is 0 Å². The zero-order valence-corrected chi connectivity index (χ0v) is 20.8. The van der Waals surface area contributed by atoms with Gasteiger partial charge in [-0.25, -0.2) is 0 Å². The van der Waals surface area contributed by atoms with Crippen LogP contribution in [0.3, 0.4) is 0 Å². The van der Waals surface area contributed by atoms with Crippen molar-refractivity contribution in [3.8, 4) is 0 Å². The number of hydrogen-bond donors (Lipinski definition) is 0. The van der Waals surface area contributed by atoms with Crippen molar-refractivity contribution < 1.29 is 0 Å². The summed E-state index contributed by atoms with van der Waals surface area (Å²) >= 11 is 0. The number of aryl methyl sites for hydroxylation is 1. The molecule has 162 valence electrons. The summed E-state index contributed by atoms with van der Waals surface area (Å²) in [6.45, 7) is 11.7. The van der Waals surface area contributed by atoms with E-state index >= 15 is 0 Å². The van der Waals surface area contributed by atoms with Crippen molar-refractivity contribution in [2.75, 3.05) is 12.3 Å². The van der Waals surface area contributed by atoms with Crippen LogP contribution in [0.25, 0.3) is 0 Å². The van der Waals surface area contributed by atoms with Gasteiger partial charge in [0.15, 0.2) is 0 Å². The lowest BCUT2D eigenvalue weighted by Crippen LogP contribution is -2.17. The Bertz CT molecular complexity index is 505. The van der Waals surface area contributed by atoms with Gasteiger partial charge >= 0.3 is 0 Å². The van der Waals surface area contributed by atoms with E-state index in [9.17, 15) is 0 Å². The van der Waals surface area contributed by atoms with Crippen molar-refractivity contribution in [2.45, 2.75) is 125 Å². The second kappa shape index (κ2) is 16.4. The van der Waals surface area contributed by atoms with Crippen LogP contribution in [-0.2, 0) is 19.3 Å². The lowest BCUT2D eigenvalue weighted by atomic mass is 9.91. The van der Waals surface area contributed by atoms with Gasteiger partial charge < -0.3 is 0 Å². The quantitative estimate of drug-likeness (QED) is 0.180. The molecule has 0 aliphatic carbocycles. The molecule has 0 bridgehead atoms. The summed E-state index contributed by atoms with van der Waals surface area (Å²) in [4.78, 5) is 0. The molecular weight excluding hydrogens is 355 g/mol. The van der Waals surface area contributed by atoms with Crippen molar-refractivity contribution in [3.05, 3.63) is 28.8 Å². The average molecular weight is 405 g/mol. The Balaban J connectivity index is 3.22. The van der Waals surface area contributed by atoms with Gasteiger partial charge in [0.05, 0.1) is 0 Å². The number of benzene rings is 1. The summed E-state index contributed by atoms with van der Waals surface area (Å²) in [7, 11) is 0.0337. The number of rotatable bonds is 17. The van der Waals surface area contributed by atoms with Gasteiger partial charge in [0.1, 0.15) is 0 Å². The maximum Gasteiger partial charge on any atom is -0.0206 e. The lowest BCUT2D eigenvalue weighted by Gasteiger charge is -2.25. The topological polar surface area (TPSA) is 0 Å². The SMILES string of the molecule is CCCCCCP(CCC)c1ccc(CCCC)c(CCCC)c1CCCC. The van der Waals surface area contributed by atoms with Crippen LogP contribution in [0, 0.1) is 0 Å². The summed E-state index contributed by atoms with van der Waals surface area (Å²) in [5.41, 5.74) is 5.26. The van der Waals surface area contributed by atoms with Crippen molar-refractivity contribution in [2.24, 2.45) is 0 Å². The molecule has 1 unspecified atom stereocenters. The lowest BCUT2D eigenvalue weighted by molar-refractivity contribution is 0.704. The smallest absolute Gasteiger partial charge is 0.0206 e. The molecule has 0 aliphatic heterocycles. The molecule has 0 spiro atoms. The molecule has 1 atom stereocenters. The normalized spacial score (nSPS) is 12.5. The van der Waals surface area contributed by atoms with Gasteiger partial charge in [-0.3, -0.25) is 0 Å². The van der Waals surface area contributed by atoms with E-state index in [-0.39, 0.29) is 7.92 Å². The van der Waals surface area contributed by atoms with Crippen LogP contribution < -0.4 is 5.30 Å². The maximum absolute atomic E-state index is 2.59. The van der Waals surface area contributed by atoms with E-state index in [4.69, 9.17) is 0 Å². The van der Waals surface area contributed by atoms with Crippen LogP contribution in [-0.4, -0.2) is 12.3 Å². The standard InChI is InChI=1S/C27H49P/c1-6-11-15-16-23-28(22-10-5)27-21-20-24(17-12-7-2)25(18-13-8-3)26(27)19-14-9-4/h20-21H,6-19,22-23H2,1-5H3. The van der Waals surface area contributed by atoms with Crippen LogP contribution in [0.5, 0.6) is 0 Å². The van der Waals surface area contributed by atoms with Crippen molar-refractivity contribution in [3.63, 3.8) is 0 Å². The highest BCUT2D eigenvalue weighted by Gasteiger charge is 2.19. The van der Waals surface area contributed by atoms with E-state index in [0.29, 0.717) is 0 Å². The zero-order valence-electron chi connectivity index (χ0n) is 19.9. The Morgan fingerprint density at radius 3 is 1.75 bits per heavy atom. The molecule has 1 aromatic carbocycles. The monoisotopic (exact) mass is 404 g/mol. The predicted molar refractivity (Wildman–Crippen MR) is 133 cm³/mol. The molecule has 0 aromatic heterocycles. The van der Waals surface area contributed by atoms with Gasteiger partial charge in [0.25, 0.3) is 0 Å². The minimum atomic E-state index is 0.0337. The molecule has 1 rings (SSSR count). The molecule has 0 saturated carbocycles. The minimum Gasteiger partial charge on any atom is -0.0750 e. The van der Waals surface area contributed by atoms with E-state index in [2.05, 4.69) is 46.8 Å². The Hall–Kier alpha value is -0.350. The molecule has 28 heavy (non-hydrogen) atoms. The van der Waals surface area contributed by atoms with Crippen LogP contribution in [0.2, 0.25) is 0 Å². The summed E-state index contributed by atoms with van der Waals surface area (Å²) in [5.74, 6) is 0. The molecule has 0 amide bonds. The molecule has 0 nitrogen and oxygen atoms in total. The van der Waals surface area contributed by atoms with E-state index in [1.54, 1.807) is 22.0 Å². The molecule has 0 fully saturated rings. The number of unbranched alkanes of at least 4 members (excludes halogenated alkanes) is 6. The van der Waals surface area contributed by atoms with Gasteiger partial charge in [0, 0.05) is 0 Å². The first-order chi connectivity index (χ1) is 13.7. The molecule has 0 saturated heterocycles. The second-order valence-electron chi connectivity index (χ2n) is 8.56. The molecular formula is C27H49P. The fourth-order valence-corrected chi connectivity index (χ4v) is 7.04. The highest BCUT2D eigenvalue weighted by molar-refractivity contribution is 7.65. The van der Waals surface area contributed by atoms with Gasteiger partial charge in [-0.15, -0.1) is 0 Å². The molecule has 1 aromatic rings. The summed E-state index contributed by atoms with van der Waals surface area (Å²) in [6, 6.07) is 5.13. The van der Waals surface area contributed by atoms with Gasteiger partial charge in [0.2, 0.25) is 0 Å². The van der Waals surface area contributed by atoms with Crippen LogP contribution >= 0.6 is 7.92 Å². The largest absolute Gasteiger partial charge is 0.0750 e. The first-order valence-electron chi connectivity index (χ1n) is 12.6. The third-order valence-corrected chi connectivity index (χ3v) is 8.92. The van der Waals surface area contributed by atoms with Crippen LogP contribution in [0.15, 0.2) is 12.1 Å². The Morgan fingerprint density at radius 1 is 0.536 bits per heavy atom. The van der Waals surface area contributed by atoms with E-state index in [1.165, 1.54) is 102 Å². The maximum atomic E-state index is 2.59. The van der Waals surface area contributed by atoms with E-state index in [1.807, 2.05) is 0 Å². The molecule has 0 radical (unpaired) electrons. The fraction of sp³-hybridized carbons (Fsp3) is 0.778. The van der Waals surface area contributed by atoms with Crippen molar-refractivity contribution in [1.29, 1.82) is 0 Å². The Labute approximate surface area is 179 Å². The highest BCUT2D eigenvalue weighted by atomic mass is 31.1. The summed E-state index contributed by atoms with van der Waals surface area (Å²) < 4.78 is 0. The van der Waals surface area contributed by atoms with Gasteiger partial charge in [-0.1, -0.05) is 99.6 Å². The molecule has 0 N–H and O–H groups in total.